The minimum atomic E-state index is -4.52. The number of likely N-dealkylation sites (tertiary alicyclic amines) is 1. The standard InChI is InChI=1S/C26H31F4N7O2/c1-25(2,3)37-24(39)17(14-32-37)23(38)31-11-6-7-19-16(13-26(28,29)30)21-8-5-9-22(36(21)34-19)33-20-10-12-35(4)15-18(20)27/h5,8-9,14,18,20,32-33H,10-13,15H2,1-4H3,(H,31,38)/t18-,20+/m0/s1. The average Bonchev–Trinajstić information content (AvgIpc) is 3.38. The van der Waals surface area contributed by atoms with Gasteiger partial charge in [0.2, 0.25) is 0 Å². The van der Waals surface area contributed by atoms with Gasteiger partial charge < -0.3 is 20.6 Å². The van der Waals surface area contributed by atoms with Gasteiger partial charge in [-0.3, -0.25) is 9.59 Å². The molecule has 1 saturated heterocycles. The molecule has 1 fully saturated rings. The van der Waals surface area contributed by atoms with Crippen LogP contribution < -0.4 is 16.2 Å². The number of amides is 1. The number of nitrogens with zero attached hydrogens (tertiary/aromatic N) is 4. The van der Waals surface area contributed by atoms with Crippen LogP contribution in [-0.4, -0.2) is 75.3 Å². The van der Waals surface area contributed by atoms with Gasteiger partial charge in [0.25, 0.3) is 11.5 Å². The number of alkyl halides is 4. The van der Waals surface area contributed by atoms with Gasteiger partial charge in [0.15, 0.2) is 0 Å². The molecular weight excluding hydrogens is 518 g/mol. The number of anilines is 1. The number of pyridine rings is 1. The number of piperidine rings is 1. The van der Waals surface area contributed by atoms with Crippen LogP contribution in [0.5, 0.6) is 0 Å². The van der Waals surface area contributed by atoms with Crippen LogP contribution in [-0.2, 0) is 12.0 Å². The summed E-state index contributed by atoms with van der Waals surface area (Å²) >= 11 is 0. The SMILES string of the molecule is CN1CC[C@@H](Nc2cccc3c(CC(F)(F)F)c(C#CCNC(=O)c4c[nH]n(C(C)(C)C)c4=O)nn23)[C@@H](F)C1. The number of H-pyrrole nitrogens is 1. The van der Waals surface area contributed by atoms with E-state index < -0.39 is 41.8 Å². The molecule has 210 valence electrons. The van der Waals surface area contributed by atoms with Gasteiger partial charge in [-0.25, -0.2) is 13.6 Å². The third-order valence-electron chi connectivity index (χ3n) is 6.45. The zero-order valence-corrected chi connectivity index (χ0v) is 22.1. The van der Waals surface area contributed by atoms with E-state index in [0.29, 0.717) is 18.8 Å². The Morgan fingerprint density at radius 3 is 2.64 bits per heavy atom. The summed E-state index contributed by atoms with van der Waals surface area (Å²) in [4.78, 5) is 26.8. The first-order valence-electron chi connectivity index (χ1n) is 12.5. The molecule has 0 aromatic carbocycles. The van der Waals surface area contributed by atoms with Gasteiger partial charge >= 0.3 is 6.18 Å². The molecule has 0 aliphatic carbocycles. The van der Waals surface area contributed by atoms with E-state index in [1.165, 1.54) is 21.5 Å². The van der Waals surface area contributed by atoms with Crippen LogP contribution in [0.1, 0.15) is 48.8 Å². The number of nitrogens with one attached hydrogen (secondary N) is 3. The average molecular weight is 550 g/mol. The van der Waals surface area contributed by atoms with E-state index in [0.717, 1.165) is 0 Å². The van der Waals surface area contributed by atoms with Crippen molar-refractivity contribution >= 4 is 17.2 Å². The normalized spacial score (nSPS) is 18.6. The lowest BCUT2D eigenvalue weighted by molar-refractivity contribution is -0.127. The molecule has 0 saturated carbocycles. The predicted octanol–water partition coefficient (Wildman–Crippen LogP) is 2.92. The first-order valence-corrected chi connectivity index (χ1v) is 12.5. The largest absolute Gasteiger partial charge is 0.393 e. The van der Waals surface area contributed by atoms with E-state index >= 15 is 0 Å². The molecule has 0 bridgehead atoms. The highest BCUT2D eigenvalue weighted by atomic mass is 19.4. The Hall–Kier alpha value is -3.79. The number of halogens is 4. The lowest BCUT2D eigenvalue weighted by atomic mass is 10.0. The van der Waals surface area contributed by atoms with Gasteiger partial charge in [-0.05, 0) is 52.3 Å². The van der Waals surface area contributed by atoms with Crippen molar-refractivity contribution in [1.82, 2.24) is 29.6 Å². The Bertz CT molecular complexity index is 1470. The molecule has 0 spiro atoms. The summed E-state index contributed by atoms with van der Waals surface area (Å²) in [6.07, 6.45) is -5.11. The highest BCUT2D eigenvalue weighted by Gasteiger charge is 2.32. The van der Waals surface area contributed by atoms with E-state index in [1.807, 2.05) is 11.9 Å². The van der Waals surface area contributed by atoms with Crippen LogP contribution in [0.3, 0.4) is 0 Å². The number of hydrogen-bond donors (Lipinski definition) is 3. The number of rotatable bonds is 5. The Kier molecular flexibility index (Phi) is 7.79. The van der Waals surface area contributed by atoms with Crippen molar-refractivity contribution in [1.29, 1.82) is 0 Å². The molecule has 13 heteroatoms. The zero-order valence-electron chi connectivity index (χ0n) is 22.1. The first kappa shape index (κ1) is 28.2. The fourth-order valence-electron chi connectivity index (χ4n) is 4.49. The number of hydrogen-bond acceptors (Lipinski definition) is 5. The van der Waals surface area contributed by atoms with Gasteiger partial charge in [-0.2, -0.15) is 18.3 Å². The van der Waals surface area contributed by atoms with Gasteiger partial charge in [-0.15, -0.1) is 0 Å². The summed E-state index contributed by atoms with van der Waals surface area (Å²) in [6.45, 7) is 6.12. The Morgan fingerprint density at radius 1 is 1.26 bits per heavy atom. The number of aromatic amines is 1. The summed E-state index contributed by atoms with van der Waals surface area (Å²) < 4.78 is 57.6. The second-order valence-electron chi connectivity index (χ2n) is 10.6. The van der Waals surface area contributed by atoms with E-state index in [2.05, 4.69) is 32.7 Å². The number of fused-ring (bicyclic) bond motifs is 1. The second kappa shape index (κ2) is 10.8. The third kappa shape index (κ3) is 6.44. The summed E-state index contributed by atoms with van der Waals surface area (Å²) in [5, 5.41) is 12.6. The Balaban J connectivity index is 1.57. The molecule has 9 nitrogen and oxygen atoms in total. The van der Waals surface area contributed by atoms with E-state index in [1.54, 1.807) is 32.9 Å². The number of carbonyl (C=O) groups excluding carboxylic acids is 1. The summed E-state index contributed by atoms with van der Waals surface area (Å²) in [7, 11) is 1.83. The minimum Gasteiger partial charge on any atom is -0.364 e. The van der Waals surface area contributed by atoms with E-state index in [4.69, 9.17) is 0 Å². The number of carbonyl (C=O) groups is 1. The van der Waals surface area contributed by atoms with Crippen molar-refractivity contribution in [2.75, 3.05) is 32.0 Å². The van der Waals surface area contributed by atoms with Crippen molar-refractivity contribution in [3.05, 3.63) is 51.6 Å². The van der Waals surface area contributed by atoms with Crippen molar-refractivity contribution in [3.63, 3.8) is 0 Å². The molecule has 1 aliphatic rings. The molecule has 0 radical (unpaired) electrons. The maximum absolute atomic E-state index is 14.6. The maximum atomic E-state index is 14.6. The van der Waals surface area contributed by atoms with Crippen LogP contribution in [0, 0.1) is 11.8 Å². The molecule has 2 atom stereocenters. The van der Waals surface area contributed by atoms with Crippen molar-refractivity contribution in [3.8, 4) is 11.8 Å². The molecule has 3 aromatic heterocycles. The highest BCUT2D eigenvalue weighted by molar-refractivity contribution is 5.93. The highest BCUT2D eigenvalue weighted by Crippen LogP contribution is 2.28. The number of aromatic nitrogens is 4. The molecule has 0 unspecified atom stereocenters. The smallest absolute Gasteiger partial charge is 0.364 e. The Morgan fingerprint density at radius 2 is 2.00 bits per heavy atom. The quantitative estimate of drug-likeness (QED) is 0.336. The van der Waals surface area contributed by atoms with Crippen LogP contribution >= 0.6 is 0 Å². The molecule has 4 heterocycles. The molecular formula is C26H31F4N7O2. The minimum absolute atomic E-state index is 0.104. The third-order valence-corrected chi connectivity index (χ3v) is 6.45. The van der Waals surface area contributed by atoms with E-state index in [-0.39, 0.29) is 35.4 Å². The molecule has 4 rings (SSSR count). The summed E-state index contributed by atoms with van der Waals surface area (Å²) in [6, 6.07) is 4.20. The summed E-state index contributed by atoms with van der Waals surface area (Å²) in [5.74, 6) is 4.95. The van der Waals surface area contributed by atoms with Crippen LogP contribution in [0.15, 0.2) is 29.2 Å². The molecule has 39 heavy (non-hydrogen) atoms. The lowest BCUT2D eigenvalue weighted by Gasteiger charge is -2.33. The zero-order chi connectivity index (χ0) is 28.5. The van der Waals surface area contributed by atoms with Crippen molar-refractivity contribution in [2.24, 2.45) is 0 Å². The monoisotopic (exact) mass is 549 g/mol. The van der Waals surface area contributed by atoms with Gasteiger partial charge in [-0.1, -0.05) is 12.0 Å². The second-order valence-corrected chi connectivity index (χ2v) is 10.6. The molecule has 3 N–H and O–H groups in total. The van der Waals surface area contributed by atoms with Crippen LogP contribution in [0.2, 0.25) is 0 Å². The predicted molar refractivity (Wildman–Crippen MR) is 139 cm³/mol. The van der Waals surface area contributed by atoms with Gasteiger partial charge in [0.05, 0.1) is 30.1 Å². The Labute approximate surface area is 222 Å². The lowest BCUT2D eigenvalue weighted by Crippen LogP contribution is -2.46. The maximum Gasteiger partial charge on any atom is 0.393 e. The molecule has 1 aliphatic heterocycles. The van der Waals surface area contributed by atoms with Crippen LogP contribution in [0.4, 0.5) is 23.4 Å². The molecule has 1 amide bonds. The van der Waals surface area contributed by atoms with Gasteiger partial charge in [0.1, 0.15) is 23.2 Å². The van der Waals surface area contributed by atoms with Crippen molar-refractivity contribution < 1.29 is 22.4 Å². The topological polar surface area (TPSA) is 99.5 Å². The molecule has 3 aromatic rings. The fraction of sp³-hybridized carbons (Fsp3) is 0.500. The van der Waals surface area contributed by atoms with Gasteiger partial charge in [0, 0.05) is 24.8 Å². The first-order chi connectivity index (χ1) is 18.2. The van der Waals surface area contributed by atoms with Crippen molar-refractivity contribution in [2.45, 2.75) is 57.5 Å². The van der Waals surface area contributed by atoms with E-state index in [9.17, 15) is 27.2 Å². The van der Waals surface area contributed by atoms with Crippen LogP contribution in [0.25, 0.3) is 5.52 Å². The summed E-state index contributed by atoms with van der Waals surface area (Å²) in [5.41, 5.74) is -1.19. The fourth-order valence-corrected chi connectivity index (χ4v) is 4.49.